The monoisotopic (exact) mass is 70.0 g/mol. The van der Waals surface area contributed by atoms with Crippen molar-refractivity contribution in [3.05, 3.63) is 12.7 Å². The van der Waals surface area contributed by atoms with E-state index in [1.165, 1.54) is 0 Å². The maximum Gasteiger partial charge on any atom is 0 e. The summed E-state index contributed by atoms with van der Waals surface area (Å²) in [5.41, 5.74) is 0. The smallest absolute Gasteiger partial charge is 0 e. The highest BCUT2D eigenvalue weighted by Crippen LogP contribution is 1.38. The molecule has 0 amide bonds. The van der Waals surface area contributed by atoms with Gasteiger partial charge in [-0.1, -0.05) is 6.08 Å². The Hall–Kier alpha value is -0.0431. The molecule has 0 unspecified atom stereocenters. The number of hydrogen-bond acceptors (Lipinski definition) is 0. The maximum atomic E-state index is 3.36. The average molecular weight is 70.2 g/mol. The highest BCUT2D eigenvalue weighted by Gasteiger charge is 1.15. The van der Waals surface area contributed by atoms with Gasteiger partial charge in [-0.2, -0.15) is 0 Å². The van der Waals surface area contributed by atoms with Gasteiger partial charge in [0.2, 0.25) is 0 Å². The third-order valence-corrected chi connectivity index (χ3v) is 0. The summed E-state index contributed by atoms with van der Waals surface area (Å²) >= 11 is 0. The minimum absolute atomic E-state index is 0. The molecule has 0 atom stereocenters. The molecule has 0 saturated heterocycles. The van der Waals surface area contributed by atoms with Gasteiger partial charge < -0.3 is 0 Å². The fourth-order valence-electron chi connectivity index (χ4n) is 0. The molecule has 0 nitrogen and oxygen atoms in total. The van der Waals surface area contributed by atoms with Gasteiger partial charge in [0.15, 0.2) is 0 Å². The van der Waals surface area contributed by atoms with Crippen molar-refractivity contribution in [3.63, 3.8) is 0 Å². The third kappa shape index (κ3) is 964. The van der Waals surface area contributed by atoms with Gasteiger partial charge in [0.05, 0.1) is 0 Å². The van der Waals surface area contributed by atoms with E-state index < -0.39 is 0 Å². The molecule has 4 heavy (non-hydrogen) atoms. The van der Waals surface area contributed by atoms with Crippen molar-refractivity contribution < 1.29 is 0 Å². The molecule has 22 valence electrons. The van der Waals surface area contributed by atoms with Gasteiger partial charge in [0.1, 0.15) is 0 Å². The second kappa shape index (κ2) is 12.4. The van der Waals surface area contributed by atoms with Gasteiger partial charge in [-0.15, -0.1) is 6.58 Å². The van der Waals surface area contributed by atoms with Crippen molar-refractivity contribution >= 4 is 11.0 Å². The largest absolute Gasteiger partial charge is 0.103 e. The summed E-state index contributed by atoms with van der Waals surface area (Å²) in [5.74, 6) is 0. The van der Waals surface area contributed by atoms with Gasteiger partial charge in [0, 0.05) is 11.0 Å². The van der Waals surface area contributed by atoms with Crippen molar-refractivity contribution in [3.8, 4) is 0 Å². The number of rotatable bonds is 0. The molecule has 0 aromatic rings. The molecule has 0 spiro atoms. The summed E-state index contributed by atoms with van der Waals surface area (Å²) in [7, 11) is 0. The van der Waals surface area contributed by atoms with Crippen molar-refractivity contribution in [2.45, 2.75) is 6.92 Å². The van der Waals surface area contributed by atoms with Crippen molar-refractivity contribution in [1.29, 1.82) is 0 Å². The fourth-order valence-corrected chi connectivity index (χ4v) is 0. The Bertz CT molecular complexity index is 10.8. The number of hydrogen-bond donors (Lipinski definition) is 0. The van der Waals surface area contributed by atoms with Crippen LogP contribution in [0, 0.1) is 0 Å². The first-order valence-electron chi connectivity index (χ1n) is 0.986. The molecule has 0 N–H and O–H groups in total. The van der Waals surface area contributed by atoms with E-state index in [0.717, 1.165) is 0 Å². The van der Waals surface area contributed by atoms with E-state index >= 15 is 0 Å². The van der Waals surface area contributed by atoms with Gasteiger partial charge in [-0.05, 0) is 6.92 Å². The highest BCUT2D eigenvalue weighted by atomic mass is 28.1. The molecule has 0 aliphatic rings. The second-order valence-corrected chi connectivity index (χ2v) is 0.408. The second-order valence-electron chi connectivity index (χ2n) is 0.408. The van der Waals surface area contributed by atoms with Gasteiger partial charge >= 0.3 is 0 Å². The fraction of sp³-hybridized carbons (Fsp3) is 0.333. The molecule has 0 fully saturated rings. The van der Waals surface area contributed by atoms with E-state index in [4.69, 9.17) is 0 Å². The van der Waals surface area contributed by atoms with Crippen LogP contribution in [0.4, 0.5) is 0 Å². The molecule has 0 rings (SSSR count). The van der Waals surface area contributed by atoms with Crippen LogP contribution >= 0.6 is 0 Å². The standard InChI is InChI=1S/C3H6.Si/c1-3-2;/h3H,1H2,2H3;. The summed E-state index contributed by atoms with van der Waals surface area (Å²) < 4.78 is 0. The minimum Gasteiger partial charge on any atom is -0.103 e. The van der Waals surface area contributed by atoms with Crippen LogP contribution in [-0.4, -0.2) is 11.0 Å². The predicted octanol–water partition coefficient (Wildman–Crippen LogP) is 0.811. The van der Waals surface area contributed by atoms with Crippen LogP contribution in [0.2, 0.25) is 0 Å². The Kier molecular flexibility index (Phi) is 27.9. The highest BCUT2D eigenvalue weighted by molar-refractivity contribution is 5.75. The lowest BCUT2D eigenvalue weighted by Gasteiger charge is -1.31. The molecule has 0 saturated carbocycles. The molecular weight excluding hydrogens is 64.1 g/mol. The minimum atomic E-state index is 0. The van der Waals surface area contributed by atoms with Gasteiger partial charge in [0.25, 0.3) is 0 Å². The van der Waals surface area contributed by atoms with Crippen molar-refractivity contribution in [2.24, 2.45) is 0 Å². The summed E-state index contributed by atoms with van der Waals surface area (Å²) in [5, 5.41) is 0. The van der Waals surface area contributed by atoms with E-state index in [0.29, 0.717) is 0 Å². The molecule has 0 aliphatic heterocycles. The summed E-state index contributed by atoms with van der Waals surface area (Å²) in [6.45, 7) is 5.25. The zero-order valence-electron chi connectivity index (χ0n) is 2.78. The molecule has 0 bridgehead atoms. The first-order valence-corrected chi connectivity index (χ1v) is 0.986. The number of allylic oxidation sites excluding steroid dienone is 1. The predicted molar refractivity (Wildman–Crippen MR) is 21.6 cm³/mol. The Morgan fingerprint density at radius 1 is 1.75 bits per heavy atom. The lowest BCUT2D eigenvalue weighted by atomic mass is 10.8. The van der Waals surface area contributed by atoms with Gasteiger partial charge in [-0.25, -0.2) is 0 Å². The van der Waals surface area contributed by atoms with E-state index in [-0.39, 0.29) is 11.0 Å². The topological polar surface area (TPSA) is 0 Å². The zero-order valence-corrected chi connectivity index (χ0v) is 3.78. The molecule has 1 heteroatoms. The van der Waals surface area contributed by atoms with Crippen molar-refractivity contribution in [2.75, 3.05) is 0 Å². The van der Waals surface area contributed by atoms with Crippen LogP contribution in [0.15, 0.2) is 12.7 Å². The maximum absolute atomic E-state index is 3.36. The lowest BCUT2D eigenvalue weighted by Crippen LogP contribution is -1.07. The average Bonchev–Trinajstić information content (AvgIpc) is 0.918. The lowest BCUT2D eigenvalue weighted by molar-refractivity contribution is 1.80. The first-order chi connectivity index (χ1) is 1.41. The quantitative estimate of drug-likeness (QED) is 0.292. The van der Waals surface area contributed by atoms with Gasteiger partial charge in [-0.3, -0.25) is 0 Å². The Labute approximate surface area is 31.6 Å². The van der Waals surface area contributed by atoms with E-state index in [9.17, 15) is 0 Å². The molecule has 0 aromatic heterocycles. The van der Waals surface area contributed by atoms with E-state index in [1.807, 2.05) is 6.92 Å². The molecular formula is C3H6Si. The summed E-state index contributed by atoms with van der Waals surface area (Å²) in [6, 6.07) is 0. The molecule has 0 aromatic carbocycles. The SMILES string of the molecule is C=CC.[Si]. The summed E-state index contributed by atoms with van der Waals surface area (Å²) in [4.78, 5) is 0. The Morgan fingerprint density at radius 2 is 1.75 bits per heavy atom. The Balaban J connectivity index is 0. The van der Waals surface area contributed by atoms with Crippen LogP contribution in [0.1, 0.15) is 6.92 Å². The van der Waals surface area contributed by atoms with Crippen LogP contribution in [0.5, 0.6) is 0 Å². The summed E-state index contributed by atoms with van der Waals surface area (Å²) in [6.07, 6.45) is 1.75. The Morgan fingerprint density at radius 3 is 1.75 bits per heavy atom. The van der Waals surface area contributed by atoms with Crippen molar-refractivity contribution in [1.82, 2.24) is 0 Å². The normalized spacial score (nSPS) is 3.25. The van der Waals surface area contributed by atoms with Crippen LogP contribution in [-0.2, 0) is 0 Å². The van der Waals surface area contributed by atoms with E-state index in [1.54, 1.807) is 6.08 Å². The third-order valence-electron chi connectivity index (χ3n) is 0. The van der Waals surface area contributed by atoms with E-state index in [2.05, 4.69) is 6.58 Å². The van der Waals surface area contributed by atoms with Crippen LogP contribution in [0.3, 0.4) is 0 Å². The molecule has 4 radical (unpaired) electrons. The molecule has 0 aliphatic carbocycles. The molecule has 0 heterocycles. The first kappa shape index (κ1) is 9.03. The zero-order chi connectivity index (χ0) is 2.71. The van der Waals surface area contributed by atoms with Crippen LogP contribution in [0.25, 0.3) is 0 Å². The van der Waals surface area contributed by atoms with Crippen LogP contribution < -0.4 is 0 Å².